The fourth-order valence-corrected chi connectivity index (χ4v) is 1.36. The van der Waals surface area contributed by atoms with Gasteiger partial charge >= 0.3 is 0 Å². The Morgan fingerprint density at radius 2 is 2.08 bits per heavy atom. The van der Waals surface area contributed by atoms with Gasteiger partial charge < -0.3 is 5.11 Å². The summed E-state index contributed by atoms with van der Waals surface area (Å²) in [6.45, 7) is 1.53. The molecule has 0 fully saturated rings. The Morgan fingerprint density at radius 3 is 2.62 bits per heavy atom. The summed E-state index contributed by atoms with van der Waals surface area (Å²) in [6, 6.07) is 2.38. The summed E-state index contributed by atoms with van der Waals surface area (Å²) < 4.78 is 25.5. The minimum Gasteiger partial charge on any atom is -0.396 e. The molecule has 72 valence electrons. The molecule has 1 atom stereocenters. The van der Waals surface area contributed by atoms with Crippen LogP contribution in [0.25, 0.3) is 0 Å². The van der Waals surface area contributed by atoms with Crippen LogP contribution in [-0.4, -0.2) is 11.7 Å². The summed E-state index contributed by atoms with van der Waals surface area (Å²) >= 11 is 5.55. The summed E-state index contributed by atoms with van der Waals surface area (Å²) in [5, 5.41) is 8.55. The maximum Gasteiger partial charge on any atom is 0.177 e. The van der Waals surface area contributed by atoms with Crippen LogP contribution in [0.2, 0.25) is 5.02 Å². The number of halogens is 3. The quantitative estimate of drug-likeness (QED) is 0.738. The molecule has 1 N–H and O–H groups in total. The number of benzene rings is 1. The number of aliphatic hydroxyl groups is 1. The Morgan fingerprint density at radius 1 is 1.46 bits per heavy atom. The topological polar surface area (TPSA) is 20.2 Å². The second kappa shape index (κ2) is 4.03. The summed E-state index contributed by atoms with van der Waals surface area (Å²) in [5.41, 5.74) is 0.420. The highest BCUT2D eigenvalue weighted by Gasteiger charge is 2.15. The first-order valence-electron chi connectivity index (χ1n) is 3.82. The van der Waals surface area contributed by atoms with Crippen molar-refractivity contribution >= 4 is 11.6 Å². The maximum atomic E-state index is 12.9. The third kappa shape index (κ3) is 1.98. The lowest BCUT2D eigenvalue weighted by Gasteiger charge is -2.10. The van der Waals surface area contributed by atoms with E-state index in [-0.39, 0.29) is 17.5 Å². The van der Waals surface area contributed by atoms with E-state index >= 15 is 0 Å². The molecule has 0 aliphatic carbocycles. The number of aliphatic hydroxyl groups excluding tert-OH is 1. The molecule has 0 heterocycles. The first-order chi connectivity index (χ1) is 6.07. The minimum atomic E-state index is -1.06. The van der Waals surface area contributed by atoms with Crippen molar-refractivity contribution in [1.29, 1.82) is 0 Å². The van der Waals surface area contributed by atoms with Gasteiger partial charge in [-0.25, -0.2) is 8.78 Å². The molecule has 1 aromatic rings. The number of rotatable bonds is 2. The zero-order valence-electron chi connectivity index (χ0n) is 7.02. The van der Waals surface area contributed by atoms with Crippen LogP contribution in [-0.2, 0) is 0 Å². The van der Waals surface area contributed by atoms with Crippen molar-refractivity contribution < 1.29 is 13.9 Å². The smallest absolute Gasteiger partial charge is 0.177 e. The van der Waals surface area contributed by atoms with Gasteiger partial charge in [-0.1, -0.05) is 24.6 Å². The van der Waals surface area contributed by atoms with Crippen molar-refractivity contribution in [3.8, 4) is 0 Å². The molecule has 1 rings (SSSR count). The average molecular weight is 207 g/mol. The highest BCUT2D eigenvalue weighted by molar-refractivity contribution is 6.31. The fraction of sp³-hybridized carbons (Fsp3) is 0.333. The van der Waals surface area contributed by atoms with Gasteiger partial charge in [0.15, 0.2) is 11.6 Å². The highest BCUT2D eigenvalue weighted by Crippen LogP contribution is 2.27. The van der Waals surface area contributed by atoms with E-state index in [0.717, 1.165) is 6.07 Å². The molecular formula is C9H9ClF2O. The van der Waals surface area contributed by atoms with Gasteiger partial charge in [-0.15, -0.1) is 0 Å². The van der Waals surface area contributed by atoms with Crippen LogP contribution in [0.3, 0.4) is 0 Å². The molecule has 0 saturated heterocycles. The molecule has 1 aromatic carbocycles. The number of hydrogen-bond donors (Lipinski definition) is 1. The molecule has 0 aliphatic heterocycles. The maximum absolute atomic E-state index is 12.9. The van der Waals surface area contributed by atoms with E-state index in [0.29, 0.717) is 5.56 Å². The average Bonchev–Trinajstić information content (AvgIpc) is 2.13. The van der Waals surface area contributed by atoms with Crippen molar-refractivity contribution in [2.24, 2.45) is 0 Å². The standard InChI is InChI=1S/C9H9ClF2O/c1-5(4-13)6-2-3-7(11)9(12)8(6)10/h2-3,5,13H,4H2,1H3. The van der Waals surface area contributed by atoms with Gasteiger partial charge in [0.1, 0.15) is 0 Å². The lowest BCUT2D eigenvalue weighted by atomic mass is 10.0. The predicted molar refractivity (Wildman–Crippen MR) is 46.9 cm³/mol. The van der Waals surface area contributed by atoms with E-state index in [1.807, 2.05) is 0 Å². The van der Waals surface area contributed by atoms with Crippen molar-refractivity contribution in [2.75, 3.05) is 6.61 Å². The van der Waals surface area contributed by atoms with E-state index in [9.17, 15) is 8.78 Å². The Bertz CT molecular complexity index is 315. The lowest BCUT2D eigenvalue weighted by Crippen LogP contribution is -2.02. The molecule has 0 spiro atoms. The van der Waals surface area contributed by atoms with E-state index in [2.05, 4.69) is 0 Å². The van der Waals surface area contributed by atoms with Crippen LogP contribution in [0.5, 0.6) is 0 Å². The fourth-order valence-electron chi connectivity index (χ4n) is 1.02. The van der Waals surface area contributed by atoms with Gasteiger partial charge in [0, 0.05) is 12.5 Å². The molecule has 1 nitrogen and oxygen atoms in total. The Kier molecular flexibility index (Phi) is 3.22. The zero-order chi connectivity index (χ0) is 10.0. The van der Waals surface area contributed by atoms with E-state index < -0.39 is 11.6 Å². The van der Waals surface area contributed by atoms with Gasteiger partial charge in [0.2, 0.25) is 0 Å². The summed E-state index contributed by atoms with van der Waals surface area (Å²) in [5.74, 6) is -2.32. The van der Waals surface area contributed by atoms with Crippen molar-refractivity contribution in [3.63, 3.8) is 0 Å². The van der Waals surface area contributed by atoms with Gasteiger partial charge in [-0.05, 0) is 11.6 Å². The molecular weight excluding hydrogens is 198 g/mol. The SMILES string of the molecule is CC(CO)c1ccc(F)c(F)c1Cl. The van der Waals surface area contributed by atoms with Gasteiger partial charge in [-0.3, -0.25) is 0 Å². The van der Waals surface area contributed by atoms with Gasteiger partial charge in [0.05, 0.1) is 5.02 Å². The molecule has 0 saturated carbocycles. The molecule has 0 aliphatic rings. The van der Waals surface area contributed by atoms with Crippen LogP contribution in [0.4, 0.5) is 8.78 Å². The summed E-state index contributed by atoms with van der Waals surface area (Å²) in [4.78, 5) is 0. The molecule has 0 aromatic heterocycles. The Hall–Kier alpha value is -0.670. The first kappa shape index (κ1) is 10.4. The molecule has 0 bridgehead atoms. The van der Waals surface area contributed by atoms with E-state index in [1.54, 1.807) is 6.92 Å². The van der Waals surface area contributed by atoms with Gasteiger partial charge in [-0.2, -0.15) is 0 Å². The second-order valence-electron chi connectivity index (χ2n) is 2.85. The van der Waals surface area contributed by atoms with Crippen molar-refractivity contribution in [3.05, 3.63) is 34.4 Å². The summed E-state index contributed by atoms with van der Waals surface area (Å²) in [7, 11) is 0. The van der Waals surface area contributed by atoms with Crippen LogP contribution in [0, 0.1) is 11.6 Å². The van der Waals surface area contributed by atoms with E-state index in [4.69, 9.17) is 16.7 Å². The van der Waals surface area contributed by atoms with Crippen LogP contribution < -0.4 is 0 Å². The molecule has 13 heavy (non-hydrogen) atoms. The van der Waals surface area contributed by atoms with Crippen molar-refractivity contribution in [1.82, 2.24) is 0 Å². The highest BCUT2D eigenvalue weighted by atomic mass is 35.5. The molecule has 1 unspecified atom stereocenters. The monoisotopic (exact) mass is 206 g/mol. The zero-order valence-corrected chi connectivity index (χ0v) is 7.78. The van der Waals surface area contributed by atoms with E-state index in [1.165, 1.54) is 6.07 Å². The lowest BCUT2D eigenvalue weighted by molar-refractivity contribution is 0.272. The largest absolute Gasteiger partial charge is 0.396 e. The predicted octanol–water partition coefficient (Wildman–Crippen LogP) is 2.71. The Labute approximate surface area is 80.0 Å². The Balaban J connectivity index is 3.18. The third-order valence-corrected chi connectivity index (χ3v) is 2.25. The van der Waals surface area contributed by atoms with Crippen LogP contribution in [0.1, 0.15) is 18.4 Å². The second-order valence-corrected chi connectivity index (χ2v) is 3.23. The van der Waals surface area contributed by atoms with Gasteiger partial charge in [0.25, 0.3) is 0 Å². The van der Waals surface area contributed by atoms with Crippen LogP contribution >= 0.6 is 11.6 Å². The van der Waals surface area contributed by atoms with Crippen LogP contribution in [0.15, 0.2) is 12.1 Å². The molecule has 0 radical (unpaired) electrons. The first-order valence-corrected chi connectivity index (χ1v) is 4.20. The molecule has 4 heteroatoms. The third-order valence-electron chi connectivity index (χ3n) is 1.87. The number of hydrogen-bond acceptors (Lipinski definition) is 1. The van der Waals surface area contributed by atoms with Crippen molar-refractivity contribution in [2.45, 2.75) is 12.8 Å². The molecule has 0 amide bonds. The summed E-state index contributed by atoms with van der Waals surface area (Å²) in [6.07, 6.45) is 0. The normalized spacial score (nSPS) is 13.0. The minimum absolute atomic E-state index is 0.148.